The lowest BCUT2D eigenvalue weighted by atomic mass is 10.1. The molecule has 2 aromatic carbocycles. The molecule has 94 valence electrons. The third-order valence-electron chi connectivity index (χ3n) is 2.80. The monoisotopic (exact) mass is 314 g/mol. The Hall–Kier alpha value is -2.14. The van der Waals surface area contributed by atoms with Crippen LogP contribution in [0.15, 0.2) is 53.0 Å². The molecule has 0 amide bonds. The molecule has 0 aliphatic carbocycles. The lowest BCUT2D eigenvalue weighted by Gasteiger charge is -1.99. The van der Waals surface area contributed by atoms with Gasteiger partial charge in [-0.1, -0.05) is 40.2 Å². The summed E-state index contributed by atoms with van der Waals surface area (Å²) in [5.41, 5.74) is 8.41. The fourth-order valence-electron chi connectivity index (χ4n) is 1.82. The van der Waals surface area contributed by atoms with Crippen molar-refractivity contribution < 1.29 is 0 Å². The highest BCUT2D eigenvalue weighted by molar-refractivity contribution is 9.10. The van der Waals surface area contributed by atoms with Crippen LogP contribution in [0.3, 0.4) is 0 Å². The first-order chi connectivity index (χ1) is 9.24. The number of H-pyrrole nitrogens is 1. The van der Waals surface area contributed by atoms with Gasteiger partial charge in [0.25, 0.3) is 0 Å². The van der Waals surface area contributed by atoms with Crippen LogP contribution in [-0.2, 0) is 0 Å². The van der Waals surface area contributed by atoms with Gasteiger partial charge >= 0.3 is 0 Å². The van der Waals surface area contributed by atoms with Crippen LogP contribution < -0.4 is 5.73 Å². The first-order valence-corrected chi connectivity index (χ1v) is 6.56. The summed E-state index contributed by atoms with van der Waals surface area (Å²) in [6.07, 6.45) is 0. The molecule has 1 heterocycles. The number of anilines is 1. The summed E-state index contributed by atoms with van der Waals surface area (Å²) < 4.78 is 1.03. The van der Waals surface area contributed by atoms with Gasteiger partial charge in [0, 0.05) is 21.3 Å². The smallest absolute Gasteiger partial charge is 0.183 e. The Kier molecular flexibility index (Phi) is 3.05. The van der Waals surface area contributed by atoms with Crippen LogP contribution in [0.25, 0.3) is 22.8 Å². The minimum atomic E-state index is 0.607. The highest BCUT2D eigenvalue weighted by Crippen LogP contribution is 2.24. The second-order valence-electron chi connectivity index (χ2n) is 4.10. The number of aromatic amines is 1. The van der Waals surface area contributed by atoms with Gasteiger partial charge in [0.05, 0.1) is 0 Å². The summed E-state index contributed by atoms with van der Waals surface area (Å²) in [6.45, 7) is 0. The number of benzene rings is 2. The number of rotatable bonds is 2. The highest BCUT2D eigenvalue weighted by Gasteiger charge is 2.09. The molecule has 3 aromatic rings. The second-order valence-corrected chi connectivity index (χ2v) is 5.02. The van der Waals surface area contributed by atoms with E-state index in [-0.39, 0.29) is 0 Å². The number of nitrogens with zero attached hydrogens (tertiary/aromatic N) is 2. The van der Waals surface area contributed by atoms with Crippen molar-refractivity contribution in [2.24, 2.45) is 0 Å². The Labute approximate surface area is 118 Å². The molecule has 0 radical (unpaired) electrons. The van der Waals surface area contributed by atoms with Gasteiger partial charge in [0.2, 0.25) is 0 Å². The van der Waals surface area contributed by atoms with Gasteiger partial charge in [-0.25, -0.2) is 4.98 Å². The fraction of sp³-hybridized carbons (Fsp3) is 0. The van der Waals surface area contributed by atoms with E-state index in [1.165, 1.54) is 0 Å². The molecular formula is C14H11BrN4. The number of hydrogen-bond acceptors (Lipinski definition) is 3. The maximum absolute atomic E-state index is 5.92. The minimum Gasteiger partial charge on any atom is -0.398 e. The Morgan fingerprint density at radius 3 is 2.47 bits per heavy atom. The molecule has 1 aromatic heterocycles. The number of aromatic nitrogens is 3. The first kappa shape index (κ1) is 11.9. The van der Waals surface area contributed by atoms with Gasteiger partial charge in [-0.05, 0) is 24.3 Å². The standard InChI is InChI=1S/C14H11BrN4/c15-10-7-5-9(6-8-10)13-17-14(19-18-13)11-3-1-2-4-12(11)16/h1-8H,16H2,(H,17,18,19). The molecule has 3 N–H and O–H groups in total. The van der Waals surface area contributed by atoms with E-state index in [0.29, 0.717) is 11.5 Å². The van der Waals surface area contributed by atoms with Crippen LogP contribution >= 0.6 is 15.9 Å². The van der Waals surface area contributed by atoms with E-state index < -0.39 is 0 Å². The van der Waals surface area contributed by atoms with Crippen LogP contribution in [0.2, 0.25) is 0 Å². The second kappa shape index (κ2) is 4.85. The quantitative estimate of drug-likeness (QED) is 0.711. The van der Waals surface area contributed by atoms with Crippen molar-refractivity contribution in [3.8, 4) is 22.8 Å². The third kappa shape index (κ3) is 2.37. The molecule has 0 aliphatic rings. The van der Waals surface area contributed by atoms with E-state index in [0.717, 1.165) is 21.4 Å². The summed E-state index contributed by atoms with van der Waals surface area (Å²) in [7, 11) is 0. The number of nitrogens with two attached hydrogens (primary N) is 1. The predicted octanol–water partition coefficient (Wildman–Crippen LogP) is 3.48. The fourth-order valence-corrected chi connectivity index (χ4v) is 2.08. The van der Waals surface area contributed by atoms with Gasteiger partial charge in [-0.2, -0.15) is 5.10 Å². The van der Waals surface area contributed by atoms with E-state index in [2.05, 4.69) is 31.1 Å². The summed E-state index contributed by atoms with van der Waals surface area (Å²) in [5, 5.41) is 7.15. The van der Waals surface area contributed by atoms with Crippen molar-refractivity contribution in [1.82, 2.24) is 15.2 Å². The predicted molar refractivity (Wildman–Crippen MR) is 79.4 cm³/mol. The molecule has 0 spiro atoms. The highest BCUT2D eigenvalue weighted by atomic mass is 79.9. The molecule has 5 heteroatoms. The number of halogens is 1. The number of nitrogens with one attached hydrogen (secondary N) is 1. The lowest BCUT2D eigenvalue weighted by Crippen LogP contribution is -1.90. The number of hydrogen-bond donors (Lipinski definition) is 2. The first-order valence-electron chi connectivity index (χ1n) is 5.77. The molecule has 0 aliphatic heterocycles. The molecule has 19 heavy (non-hydrogen) atoms. The van der Waals surface area contributed by atoms with Crippen molar-refractivity contribution >= 4 is 21.6 Å². The van der Waals surface area contributed by atoms with Gasteiger partial charge in [-0.15, -0.1) is 0 Å². The van der Waals surface area contributed by atoms with Crippen molar-refractivity contribution in [3.05, 3.63) is 53.0 Å². The lowest BCUT2D eigenvalue weighted by molar-refractivity contribution is 1.10. The molecule has 0 fully saturated rings. The van der Waals surface area contributed by atoms with Gasteiger partial charge in [0.1, 0.15) is 0 Å². The summed E-state index contributed by atoms with van der Waals surface area (Å²) in [6, 6.07) is 15.4. The van der Waals surface area contributed by atoms with Crippen molar-refractivity contribution in [2.75, 3.05) is 5.73 Å². The topological polar surface area (TPSA) is 67.6 Å². The van der Waals surface area contributed by atoms with Crippen LogP contribution in [0.4, 0.5) is 5.69 Å². The van der Waals surface area contributed by atoms with Gasteiger partial charge < -0.3 is 5.73 Å². The van der Waals surface area contributed by atoms with Crippen LogP contribution in [0, 0.1) is 0 Å². The van der Waals surface area contributed by atoms with Crippen LogP contribution in [0.1, 0.15) is 0 Å². The third-order valence-corrected chi connectivity index (χ3v) is 3.33. The molecular weight excluding hydrogens is 304 g/mol. The Morgan fingerprint density at radius 2 is 1.74 bits per heavy atom. The van der Waals surface area contributed by atoms with E-state index in [1.54, 1.807) is 0 Å². The minimum absolute atomic E-state index is 0.607. The maximum atomic E-state index is 5.92. The van der Waals surface area contributed by atoms with Crippen LogP contribution in [0.5, 0.6) is 0 Å². The normalized spacial score (nSPS) is 10.6. The summed E-state index contributed by atoms with van der Waals surface area (Å²) in [5.74, 6) is 1.33. The maximum Gasteiger partial charge on any atom is 0.183 e. The van der Waals surface area contributed by atoms with Crippen LogP contribution in [-0.4, -0.2) is 15.2 Å². The van der Waals surface area contributed by atoms with Crippen molar-refractivity contribution in [2.45, 2.75) is 0 Å². The van der Waals surface area contributed by atoms with Crippen molar-refractivity contribution in [3.63, 3.8) is 0 Å². The van der Waals surface area contributed by atoms with E-state index >= 15 is 0 Å². The average molecular weight is 315 g/mol. The average Bonchev–Trinajstić information content (AvgIpc) is 2.89. The SMILES string of the molecule is Nc1ccccc1-c1n[nH]c(-c2ccc(Br)cc2)n1. The van der Waals surface area contributed by atoms with E-state index in [1.807, 2.05) is 48.5 Å². The molecule has 0 saturated carbocycles. The molecule has 0 atom stereocenters. The zero-order valence-electron chi connectivity index (χ0n) is 9.97. The zero-order valence-corrected chi connectivity index (χ0v) is 11.6. The van der Waals surface area contributed by atoms with Gasteiger partial charge in [-0.3, -0.25) is 5.10 Å². The van der Waals surface area contributed by atoms with Crippen molar-refractivity contribution in [1.29, 1.82) is 0 Å². The molecule has 0 saturated heterocycles. The Bertz CT molecular complexity index is 703. The van der Waals surface area contributed by atoms with E-state index in [4.69, 9.17) is 5.73 Å². The summed E-state index contributed by atoms with van der Waals surface area (Å²) in [4.78, 5) is 4.48. The summed E-state index contributed by atoms with van der Waals surface area (Å²) >= 11 is 3.41. The largest absolute Gasteiger partial charge is 0.398 e. The van der Waals surface area contributed by atoms with E-state index in [9.17, 15) is 0 Å². The number of para-hydroxylation sites is 1. The molecule has 4 nitrogen and oxygen atoms in total. The van der Waals surface area contributed by atoms with Gasteiger partial charge in [0.15, 0.2) is 11.6 Å². The molecule has 3 rings (SSSR count). The number of nitrogen functional groups attached to an aromatic ring is 1. The zero-order chi connectivity index (χ0) is 13.2. The Balaban J connectivity index is 2.00. The Morgan fingerprint density at radius 1 is 1.00 bits per heavy atom. The molecule has 0 unspecified atom stereocenters. The molecule has 0 bridgehead atoms.